The molecule has 1 heterocycles. The van der Waals surface area contributed by atoms with Gasteiger partial charge in [-0.05, 0) is 32.0 Å². The summed E-state index contributed by atoms with van der Waals surface area (Å²) < 4.78 is 13.9. The van der Waals surface area contributed by atoms with Crippen molar-refractivity contribution in [3.05, 3.63) is 53.6 Å². The summed E-state index contributed by atoms with van der Waals surface area (Å²) in [6.45, 7) is 4.31. The van der Waals surface area contributed by atoms with Crippen molar-refractivity contribution in [2.45, 2.75) is 20.5 Å². The molecule has 1 aromatic heterocycles. The summed E-state index contributed by atoms with van der Waals surface area (Å²) in [7, 11) is 0. The fourth-order valence-corrected chi connectivity index (χ4v) is 2.09. The first-order chi connectivity index (χ1) is 9.17. The molecule has 0 aliphatic rings. The lowest BCUT2D eigenvalue weighted by molar-refractivity contribution is 0.281. The highest BCUT2D eigenvalue weighted by Gasteiger charge is 2.15. The van der Waals surface area contributed by atoms with E-state index < -0.39 is 0 Å². The molecule has 19 heavy (non-hydrogen) atoms. The second-order valence-electron chi connectivity index (χ2n) is 4.31. The quantitative estimate of drug-likeness (QED) is 0.917. The third kappa shape index (κ3) is 2.74. The Bertz CT molecular complexity index is 572. The number of para-hydroxylation sites is 1. The summed E-state index contributed by atoms with van der Waals surface area (Å²) in [5.74, 6) is -0.275. The van der Waals surface area contributed by atoms with Gasteiger partial charge in [-0.15, -0.1) is 0 Å². The molecule has 0 bridgehead atoms. The van der Waals surface area contributed by atoms with Gasteiger partial charge in [0.1, 0.15) is 5.82 Å². The van der Waals surface area contributed by atoms with Crippen LogP contribution in [-0.2, 0) is 6.61 Å². The Balaban J connectivity index is 2.54. The average molecular weight is 260 g/mol. The topological polar surface area (TPSA) is 36.4 Å². The molecule has 0 radical (unpaired) electrons. The zero-order chi connectivity index (χ0) is 13.8. The van der Waals surface area contributed by atoms with Crippen molar-refractivity contribution in [3.8, 4) is 0 Å². The van der Waals surface area contributed by atoms with E-state index in [0.29, 0.717) is 17.8 Å². The summed E-state index contributed by atoms with van der Waals surface area (Å²) in [6, 6.07) is 8.49. The van der Waals surface area contributed by atoms with E-state index in [9.17, 15) is 9.50 Å². The van der Waals surface area contributed by atoms with Crippen molar-refractivity contribution in [3.63, 3.8) is 0 Å². The van der Waals surface area contributed by atoms with Gasteiger partial charge in [0.15, 0.2) is 0 Å². The number of rotatable bonds is 4. The zero-order valence-corrected chi connectivity index (χ0v) is 11.1. The molecule has 0 saturated carbocycles. The molecule has 1 N–H and O–H groups in total. The maximum atomic E-state index is 13.9. The SMILES string of the molecule is CCN(c1ccccc1F)c1cc(C)ncc1CO. The monoisotopic (exact) mass is 260 g/mol. The highest BCUT2D eigenvalue weighted by Crippen LogP contribution is 2.30. The van der Waals surface area contributed by atoms with Crippen LogP contribution >= 0.6 is 0 Å². The van der Waals surface area contributed by atoms with Crippen molar-refractivity contribution in [1.82, 2.24) is 4.98 Å². The van der Waals surface area contributed by atoms with Crippen LogP contribution < -0.4 is 4.90 Å². The van der Waals surface area contributed by atoms with Crippen molar-refractivity contribution >= 4 is 11.4 Å². The minimum Gasteiger partial charge on any atom is -0.392 e. The second kappa shape index (κ2) is 5.80. The van der Waals surface area contributed by atoms with E-state index in [1.807, 2.05) is 24.8 Å². The van der Waals surface area contributed by atoms with Gasteiger partial charge in [0.25, 0.3) is 0 Å². The lowest BCUT2D eigenvalue weighted by Crippen LogP contribution is -2.19. The standard InChI is InChI=1S/C15H17FN2O/c1-3-18(14-7-5-4-6-13(14)16)15-8-11(2)17-9-12(15)10-19/h4-9,19H,3,10H2,1-2H3. The van der Waals surface area contributed by atoms with Crippen LogP contribution in [0.5, 0.6) is 0 Å². The molecule has 0 unspecified atom stereocenters. The van der Waals surface area contributed by atoms with Gasteiger partial charge < -0.3 is 10.0 Å². The Kier molecular flexibility index (Phi) is 4.12. The van der Waals surface area contributed by atoms with E-state index in [4.69, 9.17) is 0 Å². The lowest BCUT2D eigenvalue weighted by Gasteiger charge is -2.26. The number of halogens is 1. The molecular weight excluding hydrogens is 243 g/mol. The van der Waals surface area contributed by atoms with Crippen LogP contribution in [0.2, 0.25) is 0 Å². The van der Waals surface area contributed by atoms with Crippen molar-refractivity contribution in [2.75, 3.05) is 11.4 Å². The van der Waals surface area contributed by atoms with Crippen LogP contribution in [-0.4, -0.2) is 16.6 Å². The molecule has 0 spiro atoms. The van der Waals surface area contributed by atoms with E-state index >= 15 is 0 Å². The number of benzene rings is 1. The highest BCUT2D eigenvalue weighted by atomic mass is 19.1. The first kappa shape index (κ1) is 13.5. The second-order valence-corrected chi connectivity index (χ2v) is 4.31. The highest BCUT2D eigenvalue weighted by molar-refractivity contribution is 5.66. The fraction of sp³-hybridized carbons (Fsp3) is 0.267. The van der Waals surface area contributed by atoms with Gasteiger partial charge in [-0.3, -0.25) is 4.98 Å². The van der Waals surface area contributed by atoms with E-state index in [-0.39, 0.29) is 12.4 Å². The summed E-state index contributed by atoms with van der Waals surface area (Å²) in [6.07, 6.45) is 1.63. The van der Waals surface area contributed by atoms with Crippen LogP contribution in [0.1, 0.15) is 18.2 Å². The molecule has 1 aromatic carbocycles. The number of hydrogen-bond donors (Lipinski definition) is 1. The van der Waals surface area contributed by atoms with E-state index in [2.05, 4.69) is 4.98 Å². The molecule has 4 heteroatoms. The number of nitrogens with zero attached hydrogens (tertiary/aromatic N) is 2. The first-order valence-corrected chi connectivity index (χ1v) is 6.25. The molecule has 0 aliphatic carbocycles. The van der Waals surface area contributed by atoms with Crippen LogP contribution in [0.4, 0.5) is 15.8 Å². The summed E-state index contributed by atoms with van der Waals surface area (Å²) in [5, 5.41) is 9.41. The maximum Gasteiger partial charge on any atom is 0.146 e. The molecule has 2 rings (SSSR count). The molecule has 0 saturated heterocycles. The van der Waals surface area contributed by atoms with E-state index in [1.54, 1.807) is 24.4 Å². The normalized spacial score (nSPS) is 10.5. The molecule has 2 aromatic rings. The minimum atomic E-state index is -0.275. The lowest BCUT2D eigenvalue weighted by atomic mass is 10.1. The number of aliphatic hydroxyl groups is 1. The Labute approximate surface area is 112 Å². The largest absolute Gasteiger partial charge is 0.392 e. The van der Waals surface area contributed by atoms with E-state index in [1.165, 1.54) is 6.07 Å². The zero-order valence-electron chi connectivity index (χ0n) is 11.1. The Morgan fingerprint density at radius 3 is 2.63 bits per heavy atom. The summed E-state index contributed by atoms with van der Waals surface area (Å²) in [4.78, 5) is 6.01. The number of aliphatic hydroxyl groups excluding tert-OH is 1. The Morgan fingerprint density at radius 2 is 2.00 bits per heavy atom. The van der Waals surface area contributed by atoms with Gasteiger partial charge in [-0.25, -0.2) is 4.39 Å². The third-order valence-electron chi connectivity index (χ3n) is 3.02. The van der Waals surface area contributed by atoms with Gasteiger partial charge in [0, 0.05) is 24.0 Å². The number of anilines is 2. The van der Waals surface area contributed by atoms with Gasteiger partial charge >= 0.3 is 0 Å². The molecule has 100 valence electrons. The molecule has 0 atom stereocenters. The van der Waals surface area contributed by atoms with Gasteiger partial charge in [0.2, 0.25) is 0 Å². The van der Waals surface area contributed by atoms with Crippen LogP contribution in [0.3, 0.4) is 0 Å². The summed E-state index contributed by atoms with van der Waals surface area (Å²) in [5.41, 5.74) is 2.82. The third-order valence-corrected chi connectivity index (χ3v) is 3.02. The van der Waals surface area contributed by atoms with Gasteiger partial charge in [-0.1, -0.05) is 12.1 Å². The predicted octanol–water partition coefficient (Wildman–Crippen LogP) is 3.18. The number of aromatic nitrogens is 1. The fourth-order valence-electron chi connectivity index (χ4n) is 2.09. The van der Waals surface area contributed by atoms with Crippen LogP contribution in [0, 0.1) is 12.7 Å². The smallest absolute Gasteiger partial charge is 0.146 e. The Morgan fingerprint density at radius 1 is 1.26 bits per heavy atom. The Hall–Kier alpha value is -1.94. The van der Waals surface area contributed by atoms with E-state index in [0.717, 1.165) is 11.4 Å². The maximum absolute atomic E-state index is 13.9. The number of aryl methyl sites for hydroxylation is 1. The van der Waals surface area contributed by atoms with Crippen molar-refractivity contribution in [1.29, 1.82) is 0 Å². The molecular formula is C15H17FN2O. The van der Waals surface area contributed by atoms with Gasteiger partial charge in [0.05, 0.1) is 18.0 Å². The molecule has 0 fully saturated rings. The average Bonchev–Trinajstić information content (AvgIpc) is 2.42. The van der Waals surface area contributed by atoms with Crippen LogP contribution in [0.25, 0.3) is 0 Å². The molecule has 0 aliphatic heterocycles. The first-order valence-electron chi connectivity index (χ1n) is 6.25. The predicted molar refractivity (Wildman–Crippen MR) is 74.0 cm³/mol. The molecule has 0 amide bonds. The van der Waals surface area contributed by atoms with Crippen molar-refractivity contribution < 1.29 is 9.50 Å². The van der Waals surface area contributed by atoms with Crippen molar-refractivity contribution in [2.24, 2.45) is 0 Å². The van der Waals surface area contributed by atoms with Crippen LogP contribution in [0.15, 0.2) is 36.5 Å². The van der Waals surface area contributed by atoms with Gasteiger partial charge in [-0.2, -0.15) is 0 Å². The number of hydrogen-bond acceptors (Lipinski definition) is 3. The molecule has 3 nitrogen and oxygen atoms in total. The number of pyridine rings is 1. The minimum absolute atomic E-state index is 0.117. The summed E-state index contributed by atoms with van der Waals surface area (Å²) >= 11 is 0.